The van der Waals surface area contributed by atoms with E-state index in [-0.39, 0.29) is 23.8 Å². The van der Waals surface area contributed by atoms with Gasteiger partial charge in [-0.1, -0.05) is 11.6 Å². The second-order valence-corrected chi connectivity index (χ2v) is 8.80. The molecule has 2 aromatic carbocycles. The standard InChI is InChI=1S/C26H28FN5O.ClH/c1-19-4-9-24-22(16-19)25-23(17-28-24)26(33)32(18-29-25)11-3-2-10-30-12-14-31(15-13-30)21-7-5-20(27)6-8-21;/h4-9,16-18H,2-3,10-15H2,1H3;1H. The van der Waals surface area contributed by atoms with E-state index in [0.717, 1.165) is 73.2 Å². The average Bonchev–Trinajstić information content (AvgIpc) is 2.84. The van der Waals surface area contributed by atoms with Crippen molar-refractivity contribution in [2.24, 2.45) is 0 Å². The minimum absolute atomic E-state index is 0. The number of benzene rings is 2. The van der Waals surface area contributed by atoms with Gasteiger partial charge in [0, 0.05) is 50.0 Å². The normalized spacial score (nSPS) is 14.5. The summed E-state index contributed by atoms with van der Waals surface area (Å²) in [5.74, 6) is -0.196. The lowest BCUT2D eigenvalue weighted by atomic mass is 10.1. The molecule has 0 amide bonds. The lowest BCUT2D eigenvalue weighted by molar-refractivity contribution is 0.251. The molecule has 0 bridgehead atoms. The summed E-state index contributed by atoms with van der Waals surface area (Å²) < 4.78 is 14.8. The van der Waals surface area contributed by atoms with Gasteiger partial charge < -0.3 is 4.90 Å². The van der Waals surface area contributed by atoms with Gasteiger partial charge in [-0.15, -0.1) is 12.4 Å². The zero-order valence-electron chi connectivity index (χ0n) is 19.3. The lowest BCUT2D eigenvalue weighted by Gasteiger charge is -2.36. The fourth-order valence-electron chi connectivity index (χ4n) is 4.58. The minimum Gasteiger partial charge on any atom is -0.369 e. The number of anilines is 1. The van der Waals surface area contributed by atoms with Crippen molar-refractivity contribution < 1.29 is 4.39 Å². The maximum Gasteiger partial charge on any atom is 0.262 e. The summed E-state index contributed by atoms with van der Waals surface area (Å²) in [6.07, 6.45) is 5.27. The van der Waals surface area contributed by atoms with Crippen molar-refractivity contribution in [3.05, 3.63) is 76.7 Å². The van der Waals surface area contributed by atoms with Crippen LogP contribution in [0.2, 0.25) is 0 Å². The lowest BCUT2D eigenvalue weighted by Crippen LogP contribution is -2.46. The Labute approximate surface area is 204 Å². The van der Waals surface area contributed by atoms with Crippen LogP contribution >= 0.6 is 12.4 Å². The van der Waals surface area contributed by atoms with Crippen molar-refractivity contribution in [2.45, 2.75) is 26.3 Å². The molecule has 1 fully saturated rings. The first-order valence-corrected chi connectivity index (χ1v) is 11.6. The Hall–Kier alpha value is -3.03. The highest BCUT2D eigenvalue weighted by Gasteiger charge is 2.17. The zero-order chi connectivity index (χ0) is 22.8. The maximum atomic E-state index is 13.1. The average molecular weight is 482 g/mol. The van der Waals surface area contributed by atoms with Crippen LogP contribution in [0.4, 0.5) is 10.1 Å². The predicted molar refractivity (Wildman–Crippen MR) is 138 cm³/mol. The van der Waals surface area contributed by atoms with Gasteiger partial charge in [-0.3, -0.25) is 19.2 Å². The Bertz CT molecular complexity index is 1330. The third kappa shape index (κ3) is 5.05. The quantitative estimate of drug-likeness (QED) is 0.301. The second kappa shape index (κ2) is 10.5. The molecule has 4 aromatic rings. The van der Waals surface area contributed by atoms with Crippen molar-refractivity contribution in [3.63, 3.8) is 0 Å². The Balaban J connectivity index is 0.00000274. The number of pyridine rings is 1. The number of aromatic nitrogens is 3. The van der Waals surface area contributed by atoms with E-state index in [0.29, 0.717) is 11.9 Å². The highest BCUT2D eigenvalue weighted by Crippen LogP contribution is 2.21. The number of hydrogen-bond acceptors (Lipinski definition) is 5. The monoisotopic (exact) mass is 481 g/mol. The van der Waals surface area contributed by atoms with E-state index in [1.54, 1.807) is 17.1 Å². The Morgan fingerprint density at radius 3 is 2.41 bits per heavy atom. The summed E-state index contributed by atoms with van der Waals surface area (Å²) in [6.45, 7) is 7.57. The van der Waals surface area contributed by atoms with Crippen molar-refractivity contribution in [3.8, 4) is 0 Å². The fraction of sp³-hybridized carbons (Fsp3) is 0.346. The summed E-state index contributed by atoms with van der Waals surface area (Å²) in [5, 5.41) is 1.50. The number of rotatable bonds is 6. The highest BCUT2D eigenvalue weighted by molar-refractivity contribution is 6.02. The maximum absolute atomic E-state index is 13.1. The van der Waals surface area contributed by atoms with E-state index in [1.165, 1.54) is 12.1 Å². The molecule has 0 radical (unpaired) electrons. The third-order valence-electron chi connectivity index (χ3n) is 6.50. The zero-order valence-corrected chi connectivity index (χ0v) is 20.1. The van der Waals surface area contributed by atoms with E-state index < -0.39 is 0 Å². The molecule has 5 rings (SSSR count). The first kappa shape index (κ1) is 24.1. The minimum atomic E-state index is -0.196. The van der Waals surface area contributed by atoms with Crippen LogP contribution < -0.4 is 10.5 Å². The molecule has 3 heterocycles. The second-order valence-electron chi connectivity index (χ2n) is 8.80. The molecule has 0 saturated carbocycles. The largest absolute Gasteiger partial charge is 0.369 e. The predicted octanol–water partition coefficient (Wildman–Crippen LogP) is 4.42. The van der Waals surface area contributed by atoms with Gasteiger partial charge in [-0.2, -0.15) is 0 Å². The van der Waals surface area contributed by atoms with Crippen LogP contribution in [-0.2, 0) is 6.54 Å². The number of piperazine rings is 1. The van der Waals surface area contributed by atoms with Gasteiger partial charge in [0.2, 0.25) is 0 Å². The van der Waals surface area contributed by atoms with Crippen molar-refractivity contribution in [1.82, 2.24) is 19.4 Å². The molecule has 0 aliphatic carbocycles. The summed E-state index contributed by atoms with van der Waals surface area (Å²) in [4.78, 5) is 26.8. The molecule has 1 aliphatic heterocycles. The first-order valence-electron chi connectivity index (χ1n) is 11.6. The molecule has 0 atom stereocenters. The van der Waals surface area contributed by atoms with Crippen LogP contribution in [0, 0.1) is 12.7 Å². The van der Waals surface area contributed by atoms with Crippen molar-refractivity contribution in [2.75, 3.05) is 37.6 Å². The Kier molecular flexibility index (Phi) is 7.44. The van der Waals surface area contributed by atoms with E-state index in [1.807, 2.05) is 37.3 Å². The van der Waals surface area contributed by atoms with Gasteiger partial charge in [0.15, 0.2) is 0 Å². The van der Waals surface area contributed by atoms with Crippen LogP contribution in [0.15, 0.2) is 59.8 Å². The smallest absolute Gasteiger partial charge is 0.262 e. The van der Waals surface area contributed by atoms with E-state index in [2.05, 4.69) is 19.8 Å². The number of unbranched alkanes of at least 4 members (excludes halogenated alkanes) is 1. The van der Waals surface area contributed by atoms with Crippen LogP contribution in [0.5, 0.6) is 0 Å². The molecule has 8 heteroatoms. The summed E-state index contributed by atoms with van der Waals surface area (Å²) in [7, 11) is 0. The number of nitrogens with zero attached hydrogens (tertiary/aromatic N) is 5. The van der Waals surface area contributed by atoms with Crippen LogP contribution in [0.1, 0.15) is 18.4 Å². The van der Waals surface area contributed by atoms with Crippen molar-refractivity contribution >= 4 is 39.9 Å². The molecule has 34 heavy (non-hydrogen) atoms. The molecular weight excluding hydrogens is 453 g/mol. The summed E-state index contributed by atoms with van der Waals surface area (Å²) in [6, 6.07) is 12.8. The molecule has 1 saturated heterocycles. The molecule has 1 aliphatic rings. The molecule has 0 unspecified atom stereocenters. The molecule has 2 aromatic heterocycles. The third-order valence-corrected chi connectivity index (χ3v) is 6.50. The van der Waals surface area contributed by atoms with Crippen LogP contribution in [0.25, 0.3) is 21.8 Å². The summed E-state index contributed by atoms with van der Waals surface area (Å²) >= 11 is 0. The highest BCUT2D eigenvalue weighted by atomic mass is 35.5. The van der Waals surface area contributed by atoms with Crippen LogP contribution in [0.3, 0.4) is 0 Å². The molecule has 178 valence electrons. The molecule has 0 spiro atoms. The number of halogens is 2. The Morgan fingerprint density at radius 1 is 0.912 bits per heavy atom. The fourth-order valence-corrected chi connectivity index (χ4v) is 4.58. The number of fused-ring (bicyclic) bond motifs is 3. The topological polar surface area (TPSA) is 54.3 Å². The van der Waals surface area contributed by atoms with Gasteiger partial charge >= 0.3 is 0 Å². The summed E-state index contributed by atoms with van der Waals surface area (Å²) in [5.41, 5.74) is 3.77. The van der Waals surface area contributed by atoms with Crippen molar-refractivity contribution in [1.29, 1.82) is 0 Å². The van der Waals surface area contributed by atoms with E-state index >= 15 is 0 Å². The molecular formula is C26H29ClFN5O. The van der Waals surface area contributed by atoms with Crippen LogP contribution in [-0.4, -0.2) is 52.2 Å². The van der Waals surface area contributed by atoms with Gasteiger partial charge in [0.1, 0.15) is 5.82 Å². The van der Waals surface area contributed by atoms with E-state index in [9.17, 15) is 9.18 Å². The van der Waals surface area contributed by atoms with Gasteiger partial charge in [0.25, 0.3) is 5.56 Å². The van der Waals surface area contributed by atoms with E-state index in [4.69, 9.17) is 0 Å². The number of hydrogen-bond donors (Lipinski definition) is 0. The molecule has 6 nitrogen and oxygen atoms in total. The Morgan fingerprint density at radius 2 is 1.65 bits per heavy atom. The SMILES string of the molecule is Cc1ccc2ncc3c(=O)n(CCCCN4CCN(c5ccc(F)cc5)CC4)cnc3c2c1.Cl. The number of aryl methyl sites for hydroxylation is 2. The molecule has 0 N–H and O–H groups in total. The first-order chi connectivity index (χ1) is 16.1. The van der Waals surface area contributed by atoms with Gasteiger partial charge in [0.05, 0.1) is 22.7 Å². The van der Waals surface area contributed by atoms with Gasteiger partial charge in [-0.05, 0) is 62.7 Å². The van der Waals surface area contributed by atoms with Gasteiger partial charge in [-0.25, -0.2) is 9.37 Å².